The molecule has 5 aromatic carbocycles. The molecule has 11 rings (SSSR count). The van der Waals surface area contributed by atoms with Gasteiger partial charge < -0.3 is 0 Å². The van der Waals surface area contributed by atoms with Crippen molar-refractivity contribution in [2.45, 2.75) is 44.4 Å². The van der Waals surface area contributed by atoms with Crippen LogP contribution >= 0.6 is 0 Å². The van der Waals surface area contributed by atoms with Crippen molar-refractivity contribution in [3.05, 3.63) is 190 Å². The molecule has 6 aliphatic heterocycles. The Morgan fingerprint density at radius 3 is 1.26 bits per heavy atom. The van der Waals surface area contributed by atoms with E-state index >= 15 is 0 Å². The summed E-state index contributed by atoms with van der Waals surface area (Å²) in [6.07, 6.45) is 4.72. The average molecular weight is 669 g/mol. The molecule has 0 unspecified atom stereocenters. The van der Waals surface area contributed by atoms with E-state index < -0.39 is 13.3 Å². The van der Waals surface area contributed by atoms with Crippen LogP contribution < -0.4 is 0 Å². The number of fused-ring (bicyclic) bond motifs is 17. The molecule has 8 atom stereocenters. The predicted octanol–water partition coefficient (Wildman–Crippen LogP) is 10.0. The number of benzene rings is 5. The Hall–Kier alpha value is -3.96. The van der Waals surface area contributed by atoms with Gasteiger partial charge in [0.2, 0.25) is 0 Å². The number of allylic oxidation sites excluding steroid dienone is 2. The van der Waals surface area contributed by atoms with E-state index in [4.69, 9.17) is 9.47 Å². The zero-order valence-corrected chi connectivity index (χ0v) is 28.7. The molecule has 0 spiro atoms. The van der Waals surface area contributed by atoms with Crippen LogP contribution in [0.5, 0.6) is 0 Å². The molecule has 6 bridgehead atoms. The zero-order chi connectivity index (χ0) is 31.1. The van der Waals surface area contributed by atoms with E-state index in [1.54, 1.807) is 11.1 Å². The van der Waals surface area contributed by atoms with Crippen LogP contribution in [0.25, 0.3) is 11.1 Å². The third kappa shape index (κ3) is 2.95. The summed E-state index contributed by atoms with van der Waals surface area (Å²) < 4.78 is 13.5. The SMILES string of the molecule is [CH3][Ge]1([CH3])[C@]2(c3ccccc3)C(c3ccccc3)=C(c3ccccc3)[C@@]1(c1ccccc1)[C@@H]1[C@H]2[C@@H]2O[C@H]1c1cc3c(cc12)[C@@H]1C=C[C@H]3O1. The second-order valence-electron chi connectivity index (χ2n) is 15.0. The number of hydrogen-bond donors (Lipinski definition) is 0. The van der Waals surface area contributed by atoms with Crippen molar-refractivity contribution < 1.29 is 9.47 Å². The van der Waals surface area contributed by atoms with Crippen molar-refractivity contribution in [2.24, 2.45) is 11.8 Å². The standard InChI is InChI=1S/C44H36GeO2/c1-45(2)43(29-19-11-5-12-20-29)37(27-15-7-3-8-16-27)38(28-17-9-4-10-18-28)44(45,30-21-13-6-14-22-30)40-39(43)41-33-25-31-32(26-34(33)42(40)47-41)36-24-23-35(31)46-36/h3-26,35-36,39-42H,1-2H3/t35-,36+,39-,40+,41+,42-,43+,44-. The van der Waals surface area contributed by atoms with Crippen LogP contribution in [0.2, 0.25) is 11.5 Å². The van der Waals surface area contributed by atoms with Crippen LogP contribution in [0.4, 0.5) is 0 Å². The van der Waals surface area contributed by atoms with Gasteiger partial charge in [0.1, 0.15) is 0 Å². The summed E-state index contributed by atoms with van der Waals surface area (Å²) in [4.78, 5) is 0. The molecule has 5 aromatic rings. The van der Waals surface area contributed by atoms with Gasteiger partial charge >= 0.3 is 280 Å². The first-order valence-electron chi connectivity index (χ1n) is 17.2. The Balaban J connectivity index is 1.31. The number of ether oxygens (including phenoxy) is 2. The first-order chi connectivity index (χ1) is 23.1. The van der Waals surface area contributed by atoms with Crippen molar-refractivity contribution in [1.82, 2.24) is 0 Å². The molecule has 6 aliphatic rings. The summed E-state index contributed by atoms with van der Waals surface area (Å²) >= 11 is -3.19. The normalized spacial score (nSPS) is 34.2. The molecule has 0 aromatic heterocycles. The van der Waals surface area contributed by atoms with E-state index in [0.29, 0.717) is 11.8 Å². The van der Waals surface area contributed by atoms with Crippen LogP contribution in [0, 0.1) is 11.8 Å². The van der Waals surface area contributed by atoms with E-state index in [9.17, 15) is 0 Å². The zero-order valence-electron chi connectivity index (χ0n) is 26.6. The van der Waals surface area contributed by atoms with Crippen LogP contribution in [0.1, 0.15) is 68.9 Å². The topological polar surface area (TPSA) is 18.5 Å². The van der Waals surface area contributed by atoms with Crippen molar-refractivity contribution in [3.63, 3.8) is 0 Å². The van der Waals surface area contributed by atoms with Crippen LogP contribution in [0.3, 0.4) is 0 Å². The van der Waals surface area contributed by atoms with E-state index in [2.05, 4.69) is 157 Å². The molecule has 0 amide bonds. The molecule has 2 nitrogen and oxygen atoms in total. The fraction of sp³-hybridized carbons (Fsp3) is 0.227. The second kappa shape index (κ2) is 9.14. The van der Waals surface area contributed by atoms with Crippen LogP contribution in [-0.4, -0.2) is 13.3 Å². The van der Waals surface area contributed by atoms with E-state index in [0.717, 1.165) is 0 Å². The molecule has 2 saturated heterocycles. The fourth-order valence-corrected chi connectivity index (χ4v) is 25.6. The Morgan fingerprint density at radius 2 is 0.851 bits per heavy atom. The predicted molar refractivity (Wildman–Crippen MR) is 189 cm³/mol. The average Bonchev–Trinajstić information content (AvgIpc) is 3.96. The Morgan fingerprint density at radius 1 is 0.468 bits per heavy atom. The molecule has 3 heteroatoms. The monoisotopic (exact) mass is 670 g/mol. The maximum atomic E-state index is 7.46. The first kappa shape index (κ1) is 27.0. The summed E-state index contributed by atoms with van der Waals surface area (Å²) in [5, 5.41) is 0. The first-order valence-corrected chi connectivity index (χ1v) is 23.5. The number of hydrogen-bond acceptors (Lipinski definition) is 2. The summed E-state index contributed by atoms with van der Waals surface area (Å²) in [5.74, 6) is 6.21. The van der Waals surface area contributed by atoms with E-state index in [-0.39, 0.29) is 32.9 Å². The van der Waals surface area contributed by atoms with Gasteiger partial charge in [-0.05, 0) is 0 Å². The van der Waals surface area contributed by atoms with Gasteiger partial charge in [-0.15, -0.1) is 0 Å². The molecule has 0 aliphatic carbocycles. The van der Waals surface area contributed by atoms with Gasteiger partial charge in [-0.1, -0.05) is 0 Å². The third-order valence-electron chi connectivity index (χ3n) is 13.2. The Labute approximate surface area is 279 Å². The van der Waals surface area contributed by atoms with Gasteiger partial charge in [0.05, 0.1) is 0 Å². The molecular formula is C44H36GeO2. The molecule has 2 fully saturated rings. The van der Waals surface area contributed by atoms with E-state index in [1.807, 2.05) is 0 Å². The van der Waals surface area contributed by atoms with Crippen molar-refractivity contribution in [3.8, 4) is 0 Å². The number of rotatable bonds is 4. The van der Waals surface area contributed by atoms with Gasteiger partial charge in [-0.2, -0.15) is 0 Å². The van der Waals surface area contributed by atoms with Gasteiger partial charge in [0.25, 0.3) is 0 Å². The quantitative estimate of drug-likeness (QED) is 0.140. The summed E-state index contributed by atoms with van der Waals surface area (Å²) in [5.41, 5.74) is 14.3. The molecule has 0 radical (unpaired) electrons. The van der Waals surface area contributed by atoms with Crippen molar-refractivity contribution in [1.29, 1.82) is 0 Å². The van der Waals surface area contributed by atoms with Gasteiger partial charge in [0.15, 0.2) is 0 Å². The molecule has 228 valence electrons. The Bertz CT molecular complexity index is 2000. The minimum atomic E-state index is -3.19. The van der Waals surface area contributed by atoms with Gasteiger partial charge in [-0.3, -0.25) is 0 Å². The van der Waals surface area contributed by atoms with Crippen molar-refractivity contribution in [2.75, 3.05) is 0 Å². The summed E-state index contributed by atoms with van der Waals surface area (Å²) in [6, 6.07) is 51.1. The van der Waals surface area contributed by atoms with E-state index in [1.165, 1.54) is 44.5 Å². The van der Waals surface area contributed by atoms with Gasteiger partial charge in [0, 0.05) is 0 Å². The minimum absolute atomic E-state index is 0.0418. The maximum absolute atomic E-state index is 7.46. The molecule has 0 saturated carbocycles. The summed E-state index contributed by atoms with van der Waals surface area (Å²) in [7, 11) is 0. The molecule has 0 N–H and O–H groups in total. The van der Waals surface area contributed by atoms with Crippen LogP contribution in [-0.2, 0) is 18.0 Å². The molecular weight excluding hydrogens is 633 g/mol. The van der Waals surface area contributed by atoms with Gasteiger partial charge in [-0.25, -0.2) is 0 Å². The summed E-state index contributed by atoms with van der Waals surface area (Å²) in [6.45, 7) is 0. The second-order valence-corrected chi connectivity index (χ2v) is 25.1. The van der Waals surface area contributed by atoms with Crippen molar-refractivity contribution >= 4 is 24.4 Å². The molecule has 6 heterocycles. The Kier molecular flexibility index (Phi) is 5.26. The molecule has 47 heavy (non-hydrogen) atoms. The van der Waals surface area contributed by atoms with Crippen LogP contribution in [0.15, 0.2) is 146 Å². The fourth-order valence-electron chi connectivity index (χ4n) is 11.9. The third-order valence-corrected chi connectivity index (χ3v) is 25.1.